The van der Waals surface area contributed by atoms with Crippen molar-refractivity contribution < 1.29 is 0 Å². The molecule has 0 amide bonds. The maximum atomic E-state index is 12.2. The predicted molar refractivity (Wildman–Crippen MR) is 79.8 cm³/mol. The molecule has 1 aromatic heterocycles. The molecule has 0 atom stereocenters. The van der Waals surface area contributed by atoms with E-state index in [0.717, 1.165) is 16.8 Å². The van der Waals surface area contributed by atoms with Crippen LogP contribution in [0.15, 0.2) is 53.3 Å². The van der Waals surface area contributed by atoms with Gasteiger partial charge in [0.05, 0.1) is 15.9 Å². The van der Waals surface area contributed by atoms with Crippen molar-refractivity contribution >= 4 is 22.5 Å². The van der Waals surface area contributed by atoms with E-state index < -0.39 is 0 Å². The number of fused-ring (bicyclic) bond motifs is 1. The van der Waals surface area contributed by atoms with Crippen molar-refractivity contribution in [2.75, 3.05) is 0 Å². The summed E-state index contributed by atoms with van der Waals surface area (Å²) in [6, 6.07) is 15.1. The number of hydrogen-bond acceptors (Lipinski definition) is 1. The van der Waals surface area contributed by atoms with Gasteiger partial charge in [0.15, 0.2) is 5.43 Å². The van der Waals surface area contributed by atoms with Gasteiger partial charge >= 0.3 is 0 Å². The molecule has 0 radical (unpaired) electrons. The lowest BCUT2D eigenvalue weighted by Gasteiger charge is -2.06. The first kappa shape index (κ1) is 12.0. The molecule has 94 valence electrons. The summed E-state index contributed by atoms with van der Waals surface area (Å²) in [5.41, 5.74) is 3.68. The quantitative estimate of drug-likeness (QED) is 0.707. The van der Waals surface area contributed by atoms with Crippen LogP contribution in [0.4, 0.5) is 0 Å². The Morgan fingerprint density at radius 2 is 1.79 bits per heavy atom. The average Bonchev–Trinajstić information content (AvgIpc) is 2.39. The molecule has 0 aliphatic carbocycles. The number of aromatic amines is 1. The number of aromatic nitrogens is 1. The molecule has 3 rings (SSSR count). The summed E-state index contributed by atoms with van der Waals surface area (Å²) < 4.78 is 0. The van der Waals surface area contributed by atoms with E-state index in [9.17, 15) is 4.79 Å². The van der Waals surface area contributed by atoms with Crippen LogP contribution < -0.4 is 5.43 Å². The normalized spacial score (nSPS) is 10.8. The Balaban J connectivity index is 2.27. The van der Waals surface area contributed by atoms with E-state index in [2.05, 4.69) is 4.98 Å². The number of halogens is 1. The topological polar surface area (TPSA) is 32.9 Å². The summed E-state index contributed by atoms with van der Waals surface area (Å²) in [5.74, 6) is 0. The third-order valence-electron chi connectivity index (χ3n) is 3.17. The minimum Gasteiger partial charge on any atom is -0.354 e. The van der Waals surface area contributed by atoms with E-state index in [0.29, 0.717) is 10.4 Å². The van der Waals surface area contributed by atoms with E-state index in [-0.39, 0.29) is 5.43 Å². The largest absolute Gasteiger partial charge is 0.354 e. The van der Waals surface area contributed by atoms with Gasteiger partial charge in [-0.05, 0) is 24.6 Å². The van der Waals surface area contributed by atoms with Crippen LogP contribution in [0.5, 0.6) is 0 Å². The van der Waals surface area contributed by atoms with Gasteiger partial charge in [0, 0.05) is 11.8 Å². The molecule has 0 bridgehead atoms. The molecule has 1 N–H and O–H groups in total. The summed E-state index contributed by atoms with van der Waals surface area (Å²) in [5, 5.41) is 1.02. The van der Waals surface area contributed by atoms with E-state index in [1.165, 1.54) is 5.56 Å². The van der Waals surface area contributed by atoms with Crippen molar-refractivity contribution in [3.05, 3.63) is 69.3 Å². The summed E-state index contributed by atoms with van der Waals surface area (Å²) in [6.07, 6.45) is 0. The van der Waals surface area contributed by atoms with Crippen LogP contribution in [0.25, 0.3) is 22.2 Å². The summed E-state index contributed by atoms with van der Waals surface area (Å²) in [7, 11) is 0. The number of hydrogen-bond donors (Lipinski definition) is 1. The van der Waals surface area contributed by atoms with Crippen LogP contribution in [-0.4, -0.2) is 4.98 Å². The number of aryl methyl sites for hydroxylation is 1. The van der Waals surface area contributed by atoms with Gasteiger partial charge in [0.25, 0.3) is 0 Å². The first-order chi connectivity index (χ1) is 9.15. The maximum Gasteiger partial charge on any atom is 0.191 e. The third-order valence-corrected chi connectivity index (χ3v) is 3.48. The maximum absolute atomic E-state index is 12.2. The SMILES string of the molecule is Cc1ccc(-c2cc(=O)c3c(Cl)cccc3[nH]2)cc1. The Morgan fingerprint density at radius 3 is 2.53 bits per heavy atom. The zero-order valence-electron chi connectivity index (χ0n) is 10.4. The molecule has 0 fully saturated rings. The van der Waals surface area contributed by atoms with Gasteiger partial charge in [-0.2, -0.15) is 0 Å². The number of benzene rings is 2. The number of pyridine rings is 1. The highest BCUT2D eigenvalue weighted by molar-refractivity contribution is 6.35. The van der Waals surface area contributed by atoms with Crippen molar-refractivity contribution in [3.8, 4) is 11.3 Å². The van der Waals surface area contributed by atoms with Crippen molar-refractivity contribution in [1.82, 2.24) is 4.98 Å². The molecule has 0 aliphatic rings. The predicted octanol–water partition coefficient (Wildman–Crippen LogP) is 4.16. The Kier molecular flexibility index (Phi) is 2.88. The standard InChI is InChI=1S/C16H12ClNO/c1-10-5-7-11(8-6-10)14-9-15(19)16-12(17)3-2-4-13(16)18-14/h2-9H,1H3,(H,18,19). The van der Waals surface area contributed by atoms with Crippen molar-refractivity contribution in [1.29, 1.82) is 0 Å². The highest BCUT2D eigenvalue weighted by Gasteiger charge is 2.06. The lowest BCUT2D eigenvalue weighted by Crippen LogP contribution is -2.03. The summed E-state index contributed by atoms with van der Waals surface area (Å²) in [6.45, 7) is 2.03. The van der Waals surface area contributed by atoms with E-state index in [1.807, 2.05) is 43.3 Å². The second-order valence-corrected chi connectivity index (χ2v) is 4.98. The molecule has 2 aromatic carbocycles. The minimum atomic E-state index is -0.0603. The molecule has 0 saturated carbocycles. The smallest absolute Gasteiger partial charge is 0.191 e. The van der Waals surface area contributed by atoms with Gasteiger partial charge in [0.1, 0.15) is 0 Å². The van der Waals surface area contributed by atoms with E-state index in [1.54, 1.807) is 12.1 Å². The zero-order valence-corrected chi connectivity index (χ0v) is 11.2. The molecular formula is C16H12ClNO. The minimum absolute atomic E-state index is 0.0603. The first-order valence-electron chi connectivity index (χ1n) is 6.04. The Bertz CT molecular complexity index is 803. The van der Waals surface area contributed by atoms with Gasteiger partial charge in [0.2, 0.25) is 0 Å². The van der Waals surface area contributed by atoms with Crippen LogP contribution in [0.1, 0.15) is 5.56 Å². The van der Waals surface area contributed by atoms with Crippen molar-refractivity contribution in [3.63, 3.8) is 0 Å². The monoisotopic (exact) mass is 269 g/mol. The van der Waals surface area contributed by atoms with Gasteiger partial charge in [-0.15, -0.1) is 0 Å². The Morgan fingerprint density at radius 1 is 1.05 bits per heavy atom. The molecule has 0 spiro atoms. The average molecular weight is 270 g/mol. The molecule has 0 saturated heterocycles. The van der Waals surface area contributed by atoms with Crippen LogP contribution in [0, 0.1) is 6.92 Å². The second-order valence-electron chi connectivity index (χ2n) is 4.58. The van der Waals surface area contributed by atoms with Crippen molar-refractivity contribution in [2.45, 2.75) is 6.92 Å². The van der Waals surface area contributed by atoms with Crippen LogP contribution in [0.2, 0.25) is 5.02 Å². The fourth-order valence-electron chi connectivity index (χ4n) is 2.15. The lowest BCUT2D eigenvalue weighted by atomic mass is 10.1. The second kappa shape index (κ2) is 4.56. The summed E-state index contributed by atoms with van der Waals surface area (Å²) in [4.78, 5) is 15.4. The van der Waals surface area contributed by atoms with Gasteiger partial charge in [-0.1, -0.05) is 47.5 Å². The van der Waals surface area contributed by atoms with E-state index >= 15 is 0 Å². The molecular weight excluding hydrogens is 258 g/mol. The van der Waals surface area contributed by atoms with Crippen LogP contribution in [-0.2, 0) is 0 Å². The Labute approximate surface area is 115 Å². The Hall–Kier alpha value is -2.06. The third kappa shape index (κ3) is 2.15. The summed E-state index contributed by atoms with van der Waals surface area (Å²) >= 11 is 6.06. The highest BCUT2D eigenvalue weighted by atomic mass is 35.5. The molecule has 0 aliphatic heterocycles. The molecule has 3 heteroatoms. The molecule has 0 unspecified atom stereocenters. The van der Waals surface area contributed by atoms with Crippen LogP contribution in [0.3, 0.4) is 0 Å². The number of H-pyrrole nitrogens is 1. The molecule has 3 aromatic rings. The lowest BCUT2D eigenvalue weighted by molar-refractivity contribution is 1.37. The van der Waals surface area contributed by atoms with Crippen molar-refractivity contribution in [2.24, 2.45) is 0 Å². The van der Waals surface area contributed by atoms with Gasteiger partial charge < -0.3 is 4.98 Å². The first-order valence-corrected chi connectivity index (χ1v) is 6.41. The van der Waals surface area contributed by atoms with Crippen LogP contribution >= 0.6 is 11.6 Å². The van der Waals surface area contributed by atoms with E-state index in [4.69, 9.17) is 11.6 Å². The molecule has 2 nitrogen and oxygen atoms in total. The number of nitrogens with one attached hydrogen (secondary N) is 1. The van der Waals surface area contributed by atoms with Gasteiger partial charge in [-0.3, -0.25) is 4.79 Å². The fourth-order valence-corrected chi connectivity index (χ4v) is 2.42. The molecule has 19 heavy (non-hydrogen) atoms. The highest BCUT2D eigenvalue weighted by Crippen LogP contribution is 2.22. The number of rotatable bonds is 1. The zero-order chi connectivity index (χ0) is 13.4. The molecule has 1 heterocycles. The van der Waals surface area contributed by atoms with Gasteiger partial charge in [-0.25, -0.2) is 0 Å². The fraction of sp³-hybridized carbons (Fsp3) is 0.0625.